The van der Waals surface area contributed by atoms with Crippen LogP contribution in [0.25, 0.3) is 6.08 Å². The number of nitrogens with zero attached hydrogens (tertiary/aromatic N) is 1. The van der Waals surface area contributed by atoms with Crippen molar-refractivity contribution in [1.82, 2.24) is 9.62 Å². The quantitative estimate of drug-likeness (QED) is 0.627. The fourth-order valence-corrected chi connectivity index (χ4v) is 5.06. The molecule has 2 amide bonds. The van der Waals surface area contributed by atoms with Gasteiger partial charge in [0.05, 0.1) is 4.90 Å². The van der Waals surface area contributed by atoms with Crippen LogP contribution in [-0.2, 0) is 26.0 Å². The van der Waals surface area contributed by atoms with Crippen LogP contribution in [0, 0.1) is 0 Å². The molecule has 32 heavy (non-hydrogen) atoms. The van der Waals surface area contributed by atoms with Crippen LogP contribution in [0.4, 0.5) is 5.69 Å². The maximum absolute atomic E-state index is 12.9. The van der Waals surface area contributed by atoms with Crippen molar-refractivity contribution >= 4 is 33.6 Å². The molecule has 7 nitrogen and oxygen atoms in total. The van der Waals surface area contributed by atoms with Crippen molar-refractivity contribution in [1.29, 1.82) is 0 Å². The molecule has 1 heterocycles. The number of rotatable bonds is 7. The van der Waals surface area contributed by atoms with E-state index in [-0.39, 0.29) is 22.8 Å². The van der Waals surface area contributed by atoms with Gasteiger partial charge in [-0.05, 0) is 60.7 Å². The van der Waals surface area contributed by atoms with Crippen LogP contribution in [0.3, 0.4) is 0 Å². The number of hydrogen-bond acceptors (Lipinski definition) is 4. The Hall–Kier alpha value is -2.97. The van der Waals surface area contributed by atoms with Crippen molar-refractivity contribution in [2.45, 2.75) is 44.0 Å². The van der Waals surface area contributed by atoms with E-state index in [0.717, 1.165) is 12.0 Å². The number of carbonyl (C=O) groups is 2. The summed E-state index contributed by atoms with van der Waals surface area (Å²) in [6, 6.07) is 14.1. The maximum Gasteiger partial charge on any atom is 0.244 e. The van der Waals surface area contributed by atoms with E-state index in [2.05, 4.69) is 17.6 Å². The summed E-state index contributed by atoms with van der Waals surface area (Å²) >= 11 is 0. The average molecular weight is 456 g/mol. The van der Waals surface area contributed by atoms with E-state index in [1.807, 2.05) is 24.3 Å². The largest absolute Gasteiger partial charge is 0.350 e. The molecule has 0 radical (unpaired) electrons. The Morgan fingerprint density at radius 3 is 2.22 bits per heavy atom. The SMILES string of the molecule is CCc1ccc(/C=C/C(=O)NC2CCN(S(=O)(=O)c3ccc(NC(C)=O)cc3)CC2)cc1. The molecule has 1 saturated heterocycles. The highest BCUT2D eigenvalue weighted by molar-refractivity contribution is 7.89. The fraction of sp³-hybridized carbons (Fsp3) is 0.333. The van der Waals surface area contributed by atoms with E-state index in [1.165, 1.54) is 35.0 Å². The summed E-state index contributed by atoms with van der Waals surface area (Å²) in [5.41, 5.74) is 2.76. The molecule has 1 fully saturated rings. The van der Waals surface area contributed by atoms with Gasteiger partial charge >= 0.3 is 0 Å². The predicted molar refractivity (Wildman–Crippen MR) is 126 cm³/mol. The molecule has 0 unspecified atom stereocenters. The minimum atomic E-state index is -3.62. The van der Waals surface area contributed by atoms with Crippen molar-refractivity contribution in [3.63, 3.8) is 0 Å². The van der Waals surface area contributed by atoms with Gasteiger partial charge < -0.3 is 10.6 Å². The van der Waals surface area contributed by atoms with Crippen LogP contribution in [0.15, 0.2) is 59.5 Å². The summed E-state index contributed by atoms with van der Waals surface area (Å²) in [6.07, 6.45) is 5.36. The molecular formula is C24H29N3O4S. The topological polar surface area (TPSA) is 95.6 Å². The molecule has 3 rings (SSSR count). The zero-order chi connectivity index (χ0) is 23.1. The zero-order valence-corrected chi connectivity index (χ0v) is 19.2. The lowest BCUT2D eigenvalue weighted by Gasteiger charge is -2.31. The average Bonchev–Trinajstić information content (AvgIpc) is 2.78. The smallest absolute Gasteiger partial charge is 0.244 e. The number of carbonyl (C=O) groups excluding carboxylic acids is 2. The fourth-order valence-electron chi connectivity index (χ4n) is 3.59. The zero-order valence-electron chi connectivity index (χ0n) is 18.4. The summed E-state index contributed by atoms with van der Waals surface area (Å²) in [7, 11) is -3.62. The number of piperidine rings is 1. The summed E-state index contributed by atoms with van der Waals surface area (Å²) in [5, 5.41) is 5.58. The standard InChI is InChI=1S/C24H29N3O4S/c1-3-19-4-6-20(7-5-19)8-13-24(29)26-22-14-16-27(17-15-22)32(30,31)23-11-9-21(10-12-23)25-18(2)28/h4-13,22H,3,14-17H2,1-2H3,(H,25,28)(H,26,29)/b13-8+. The van der Waals surface area contributed by atoms with Gasteiger partial charge in [-0.3, -0.25) is 9.59 Å². The van der Waals surface area contributed by atoms with Crippen LogP contribution in [0.2, 0.25) is 0 Å². The molecule has 8 heteroatoms. The number of hydrogen-bond donors (Lipinski definition) is 2. The van der Waals surface area contributed by atoms with E-state index in [9.17, 15) is 18.0 Å². The molecule has 170 valence electrons. The third-order valence-electron chi connectivity index (χ3n) is 5.43. The third-order valence-corrected chi connectivity index (χ3v) is 7.34. The normalized spacial score (nSPS) is 15.6. The van der Waals surface area contributed by atoms with Gasteiger partial charge in [-0.15, -0.1) is 0 Å². The lowest BCUT2D eigenvalue weighted by Crippen LogP contribution is -2.46. The summed E-state index contributed by atoms with van der Waals surface area (Å²) in [4.78, 5) is 23.6. The molecule has 1 aliphatic rings. The monoisotopic (exact) mass is 455 g/mol. The number of sulfonamides is 1. The molecule has 0 bridgehead atoms. The minimum absolute atomic E-state index is 0.0665. The van der Waals surface area contributed by atoms with Gasteiger partial charge in [0, 0.05) is 37.8 Å². The highest BCUT2D eigenvalue weighted by Crippen LogP contribution is 2.22. The summed E-state index contributed by atoms with van der Waals surface area (Å²) < 4.78 is 27.2. The van der Waals surface area contributed by atoms with Crippen molar-refractivity contribution in [3.8, 4) is 0 Å². The van der Waals surface area contributed by atoms with Gasteiger partial charge in [-0.25, -0.2) is 8.42 Å². The Kier molecular flexibility index (Phi) is 7.82. The molecule has 0 atom stereocenters. The molecule has 1 aliphatic heterocycles. The predicted octanol–water partition coefficient (Wildman–Crippen LogP) is 3.19. The molecule has 0 spiro atoms. The van der Waals surface area contributed by atoms with Crippen molar-refractivity contribution < 1.29 is 18.0 Å². The number of amides is 2. The molecular weight excluding hydrogens is 426 g/mol. The first-order valence-corrected chi connectivity index (χ1v) is 12.2. The number of nitrogens with one attached hydrogen (secondary N) is 2. The highest BCUT2D eigenvalue weighted by atomic mass is 32.2. The van der Waals surface area contributed by atoms with E-state index >= 15 is 0 Å². The molecule has 0 saturated carbocycles. The minimum Gasteiger partial charge on any atom is -0.350 e. The van der Waals surface area contributed by atoms with Crippen LogP contribution in [0.5, 0.6) is 0 Å². The van der Waals surface area contributed by atoms with Crippen molar-refractivity contribution in [3.05, 3.63) is 65.7 Å². The van der Waals surface area contributed by atoms with E-state index < -0.39 is 10.0 Å². The Balaban J connectivity index is 1.51. The molecule has 2 aromatic rings. The van der Waals surface area contributed by atoms with Gasteiger partial charge in [0.1, 0.15) is 0 Å². The van der Waals surface area contributed by atoms with E-state index in [0.29, 0.717) is 31.6 Å². The van der Waals surface area contributed by atoms with Gasteiger partial charge in [0.25, 0.3) is 0 Å². The number of benzene rings is 2. The second kappa shape index (κ2) is 10.6. The van der Waals surface area contributed by atoms with Crippen molar-refractivity contribution in [2.75, 3.05) is 18.4 Å². The second-order valence-corrected chi connectivity index (χ2v) is 9.76. The van der Waals surface area contributed by atoms with Gasteiger partial charge in [-0.2, -0.15) is 4.31 Å². The van der Waals surface area contributed by atoms with Gasteiger partial charge in [0.15, 0.2) is 0 Å². The molecule has 0 aliphatic carbocycles. The third kappa shape index (κ3) is 6.27. The first-order valence-electron chi connectivity index (χ1n) is 10.7. The molecule has 2 aromatic carbocycles. The van der Waals surface area contributed by atoms with Crippen molar-refractivity contribution in [2.24, 2.45) is 0 Å². The Morgan fingerprint density at radius 2 is 1.66 bits per heavy atom. The number of aryl methyl sites for hydroxylation is 1. The first kappa shape index (κ1) is 23.7. The lowest BCUT2D eigenvalue weighted by atomic mass is 10.1. The maximum atomic E-state index is 12.9. The first-order chi connectivity index (χ1) is 15.3. The summed E-state index contributed by atoms with van der Waals surface area (Å²) in [6.45, 7) is 4.16. The lowest BCUT2D eigenvalue weighted by molar-refractivity contribution is -0.117. The Morgan fingerprint density at radius 1 is 1.03 bits per heavy atom. The van der Waals surface area contributed by atoms with Crippen LogP contribution < -0.4 is 10.6 Å². The Labute approximate surface area is 189 Å². The van der Waals surface area contributed by atoms with E-state index in [1.54, 1.807) is 18.2 Å². The van der Waals surface area contributed by atoms with Gasteiger partial charge in [0.2, 0.25) is 21.8 Å². The Bertz CT molecular complexity index is 1070. The van der Waals surface area contributed by atoms with Crippen LogP contribution in [0.1, 0.15) is 37.8 Å². The second-order valence-electron chi connectivity index (χ2n) is 7.82. The van der Waals surface area contributed by atoms with E-state index in [4.69, 9.17) is 0 Å². The highest BCUT2D eigenvalue weighted by Gasteiger charge is 2.29. The van der Waals surface area contributed by atoms with Crippen LogP contribution >= 0.6 is 0 Å². The molecule has 0 aromatic heterocycles. The summed E-state index contributed by atoms with van der Waals surface area (Å²) in [5.74, 6) is -0.395. The van der Waals surface area contributed by atoms with Crippen LogP contribution in [-0.4, -0.2) is 43.7 Å². The molecule has 2 N–H and O–H groups in total. The number of anilines is 1. The van der Waals surface area contributed by atoms with Gasteiger partial charge in [-0.1, -0.05) is 31.2 Å².